The predicted octanol–water partition coefficient (Wildman–Crippen LogP) is 2.27. The van der Waals surface area contributed by atoms with E-state index in [2.05, 4.69) is 51.9 Å². The molecule has 0 radical (unpaired) electrons. The summed E-state index contributed by atoms with van der Waals surface area (Å²) in [5.74, 6) is 0. The normalized spacial score (nSPS) is 11.0. The van der Waals surface area contributed by atoms with E-state index in [1.807, 2.05) is 6.08 Å². The van der Waals surface area contributed by atoms with E-state index in [9.17, 15) is 0 Å². The highest BCUT2D eigenvalue weighted by Crippen LogP contribution is 2.14. The molecule has 0 aliphatic heterocycles. The third-order valence-electron chi connectivity index (χ3n) is 3.94. The maximum absolute atomic E-state index is 3.80. The summed E-state index contributed by atoms with van der Waals surface area (Å²) in [4.78, 5) is 0. The lowest BCUT2D eigenvalue weighted by Crippen LogP contribution is -3.00. The summed E-state index contributed by atoms with van der Waals surface area (Å²) in [5.41, 5.74) is 2.63. The molecule has 1 aromatic rings. The maximum Gasteiger partial charge on any atom is 0.104 e. The molecule has 0 saturated heterocycles. The molecule has 1 nitrogen and oxygen atoms in total. The summed E-state index contributed by atoms with van der Waals surface area (Å²) in [6.45, 7) is 8.47. The van der Waals surface area contributed by atoms with E-state index < -0.39 is 0 Å². The summed E-state index contributed by atoms with van der Waals surface area (Å²) in [6.07, 6.45) is 10.2. The van der Waals surface area contributed by atoms with Crippen LogP contribution in [0.25, 0.3) is 6.08 Å². The Balaban J connectivity index is 0.00000400. The van der Waals surface area contributed by atoms with Crippen molar-refractivity contribution >= 4 is 6.08 Å². The molecule has 0 unspecified atom stereocenters. The maximum atomic E-state index is 3.80. The van der Waals surface area contributed by atoms with E-state index in [4.69, 9.17) is 0 Å². The molecule has 1 rings (SSSR count). The molecule has 0 N–H and O–H groups in total. The second kappa shape index (κ2) is 10.9. The van der Waals surface area contributed by atoms with Crippen LogP contribution < -0.4 is 12.4 Å². The molecule has 0 aliphatic rings. The van der Waals surface area contributed by atoms with Crippen LogP contribution >= 0.6 is 0 Å². The van der Waals surface area contributed by atoms with Crippen LogP contribution in [0.5, 0.6) is 0 Å². The highest BCUT2D eigenvalue weighted by molar-refractivity contribution is 5.47. The Morgan fingerprint density at radius 3 is 2.10 bits per heavy atom. The van der Waals surface area contributed by atoms with Crippen LogP contribution in [0.3, 0.4) is 0 Å². The number of hydrogen-bond donors (Lipinski definition) is 0. The first kappa shape index (κ1) is 20.2. The minimum Gasteiger partial charge on any atom is -1.00 e. The smallest absolute Gasteiger partial charge is 0.104 e. The number of benzene rings is 1. The van der Waals surface area contributed by atoms with Crippen molar-refractivity contribution in [1.82, 2.24) is 0 Å². The van der Waals surface area contributed by atoms with Crippen LogP contribution in [-0.2, 0) is 6.54 Å². The van der Waals surface area contributed by atoms with E-state index in [1.54, 1.807) is 0 Å². The minimum atomic E-state index is 0. The second-order valence-electron chi connectivity index (χ2n) is 6.53. The zero-order valence-electron chi connectivity index (χ0n) is 14.1. The van der Waals surface area contributed by atoms with E-state index in [0.29, 0.717) is 0 Å². The summed E-state index contributed by atoms with van der Waals surface area (Å²) in [6, 6.07) is 8.79. The zero-order valence-corrected chi connectivity index (χ0v) is 14.8. The van der Waals surface area contributed by atoms with Crippen LogP contribution in [-0.4, -0.2) is 25.1 Å². The van der Waals surface area contributed by atoms with Crippen molar-refractivity contribution in [2.75, 3.05) is 20.6 Å². The molecule has 0 aromatic heterocycles. The van der Waals surface area contributed by atoms with Gasteiger partial charge in [-0.2, -0.15) is 0 Å². The lowest BCUT2D eigenvalue weighted by Gasteiger charge is -2.30. The SMILES string of the molecule is C=Cc1ccc(C[N+](C)(C)CCCCCCCC)cc1.[Cl-]. The molecule has 0 heterocycles. The topological polar surface area (TPSA) is 0 Å². The molecule has 0 bridgehead atoms. The van der Waals surface area contributed by atoms with Crippen LogP contribution in [0.15, 0.2) is 30.8 Å². The highest BCUT2D eigenvalue weighted by Gasteiger charge is 2.15. The number of halogens is 1. The number of nitrogens with zero attached hydrogens (tertiary/aromatic N) is 1. The average molecular weight is 310 g/mol. The van der Waals surface area contributed by atoms with Crippen molar-refractivity contribution in [1.29, 1.82) is 0 Å². The molecule has 0 amide bonds. The number of hydrogen-bond acceptors (Lipinski definition) is 0. The van der Waals surface area contributed by atoms with Gasteiger partial charge >= 0.3 is 0 Å². The van der Waals surface area contributed by atoms with Gasteiger partial charge in [0.2, 0.25) is 0 Å². The molecule has 0 aliphatic carbocycles. The molecular formula is C19H32ClN. The summed E-state index contributed by atoms with van der Waals surface area (Å²) >= 11 is 0. The van der Waals surface area contributed by atoms with Crippen molar-refractivity contribution in [3.63, 3.8) is 0 Å². The Labute approximate surface area is 138 Å². The lowest BCUT2D eigenvalue weighted by molar-refractivity contribution is -0.903. The molecule has 0 atom stereocenters. The van der Waals surface area contributed by atoms with Crippen molar-refractivity contribution in [2.45, 2.75) is 52.0 Å². The van der Waals surface area contributed by atoms with Crippen molar-refractivity contribution in [3.05, 3.63) is 42.0 Å². The largest absolute Gasteiger partial charge is 1.00 e. The molecule has 21 heavy (non-hydrogen) atoms. The Kier molecular flexibility index (Phi) is 10.5. The fraction of sp³-hybridized carbons (Fsp3) is 0.579. The van der Waals surface area contributed by atoms with Crippen molar-refractivity contribution < 1.29 is 16.9 Å². The molecule has 0 fully saturated rings. The van der Waals surface area contributed by atoms with Gasteiger partial charge in [0, 0.05) is 5.56 Å². The van der Waals surface area contributed by atoms with Crippen LogP contribution in [0.2, 0.25) is 0 Å². The zero-order chi connectivity index (χ0) is 14.8. The highest BCUT2D eigenvalue weighted by atomic mass is 35.5. The summed E-state index contributed by atoms with van der Waals surface area (Å²) in [5, 5.41) is 0. The van der Waals surface area contributed by atoms with E-state index in [0.717, 1.165) is 11.0 Å². The van der Waals surface area contributed by atoms with Gasteiger partial charge in [0.25, 0.3) is 0 Å². The van der Waals surface area contributed by atoms with Gasteiger partial charge in [-0.3, -0.25) is 0 Å². The van der Waals surface area contributed by atoms with Gasteiger partial charge in [-0.25, -0.2) is 0 Å². The fourth-order valence-electron chi connectivity index (χ4n) is 2.65. The van der Waals surface area contributed by atoms with Gasteiger partial charge in [0.15, 0.2) is 0 Å². The number of rotatable bonds is 10. The average Bonchev–Trinajstić information content (AvgIpc) is 2.43. The first-order valence-electron chi connectivity index (χ1n) is 8.11. The monoisotopic (exact) mass is 309 g/mol. The third-order valence-corrected chi connectivity index (χ3v) is 3.94. The first-order chi connectivity index (χ1) is 9.57. The Morgan fingerprint density at radius 1 is 0.952 bits per heavy atom. The van der Waals surface area contributed by atoms with Gasteiger partial charge in [0.1, 0.15) is 6.54 Å². The fourth-order valence-corrected chi connectivity index (χ4v) is 2.65. The molecular weight excluding hydrogens is 278 g/mol. The van der Waals surface area contributed by atoms with E-state index >= 15 is 0 Å². The lowest BCUT2D eigenvalue weighted by atomic mass is 10.1. The molecule has 2 heteroatoms. The first-order valence-corrected chi connectivity index (χ1v) is 8.11. The van der Waals surface area contributed by atoms with Gasteiger partial charge in [-0.05, 0) is 18.4 Å². The van der Waals surface area contributed by atoms with Gasteiger partial charge in [-0.1, -0.05) is 69.5 Å². The van der Waals surface area contributed by atoms with Gasteiger partial charge in [-0.15, -0.1) is 0 Å². The molecule has 0 saturated carbocycles. The number of quaternary nitrogens is 1. The van der Waals surface area contributed by atoms with E-state index in [1.165, 1.54) is 56.2 Å². The van der Waals surface area contributed by atoms with Gasteiger partial charge < -0.3 is 16.9 Å². The van der Waals surface area contributed by atoms with Crippen molar-refractivity contribution in [3.8, 4) is 0 Å². The summed E-state index contributed by atoms with van der Waals surface area (Å²) in [7, 11) is 4.68. The molecule has 120 valence electrons. The Morgan fingerprint density at radius 2 is 1.52 bits per heavy atom. The van der Waals surface area contributed by atoms with Crippen LogP contribution in [0.4, 0.5) is 0 Å². The van der Waals surface area contributed by atoms with Crippen molar-refractivity contribution in [2.24, 2.45) is 0 Å². The predicted molar refractivity (Wildman–Crippen MR) is 90.6 cm³/mol. The Hall–Kier alpha value is -0.790. The van der Waals surface area contributed by atoms with Gasteiger partial charge in [0.05, 0.1) is 20.6 Å². The third kappa shape index (κ3) is 8.95. The Bertz CT molecular complexity index is 381. The van der Waals surface area contributed by atoms with Crippen LogP contribution in [0.1, 0.15) is 56.6 Å². The van der Waals surface area contributed by atoms with E-state index in [-0.39, 0.29) is 12.4 Å². The number of unbranched alkanes of at least 4 members (excludes halogenated alkanes) is 5. The quantitative estimate of drug-likeness (QED) is 0.459. The minimum absolute atomic E-state index is 0. The van der Waals surface area contributed by atoms with Crippen LogP contribution in [0, 0.1) is 0 Å². The standard InChI is InChI=1S/C19H32N.ClH/c1-5-7-8-9-10-11-16-20(3,4)17-19-14-12-18(6-2)13-15-19;/h6,12-15H,2,5,7-11,16-17H2,1,3-4H3;1H/q+1;/p-1. The summed E-state index contributed by atoms with van der Waals surface area (Å²) < 4.78 is 1.08. The second-order valence-corrected chi connectivity index (χ2v) is 6.53. The molecule has 0 spiro atoms. The molecule has 1 aromatic carbocycles.